The fourth-order valence-electron chi connectivity index (χ4n) is 0.535. The van der Waals surface area contributed by atoms with E-state index >= 15 is 0 Å². The molecule has 0 radical (unpaired) electrons. The minimum atomic E-state index is -1.09. The van der Waals surface area contributed by atoms with Gasteiger partial charge >= 0.3 is 12.1 Å². The molecule has 0 fully saturated rings. The fourth-order valence-corrected chi connectivity index (χ4v) is 0.535. The summed E-state index contributed by atoms with van der Waals surface area (Å²) < 4.78 is 8.88. The topological polar surface area (TPSA) is 109 Å². The van der Waals surface area contributed by atoms with Crippen molar-refractivity contribution in [2.75, 3.05) is 20.3 Å². The molecule has 0 unspecified atom stereocenters. The summed E-state index contributed by atoms with van der Waals surface area (Å²) in [5.74, 6) is -1.09. The van der Waals surface area contributed by atoms with Gasteiger partial charge in [-0.2, -0.15) is 5.26 Å². The maximum Gasteiger partial charge on any atom is 0.411 e. The van der Waals surface area contributed by atoms with Crippen molar-refractivity contribution in [3.05, 3.63) is 0 Å². The minimum Gasteiger partial charge on any atom is -0.451 e. The molecular formula is C7H10N2O5. The van der Waals surface area contributed by atoms with Crippen molar-refractivity contribution in [3.63, 3.8) is 0 Å². The monoisotopic (exact) mass is 202 g/mol. The number of hydrogen-bond donors (Lipinski definition) is 2. The van der Waals surface area contributed by atoms with Crippen LogP contribution in [-0.2, 0) is 14.3 Å². The summed E-state index contributed by atoms with van der Waals surface area (Å²) in [6.07, 6.45) is -1.72. The first-order valence-electron chi connectivity index (χ1n) is 3.70. The molecule has 0 aliphatic carbocycles. The Kier molecular flexibility index (Phi) is 5.82. The molecule has 7 heteroatoms. The van der Waals surface area contributed by atoms with Gasteiger partial charge in [0, 0.05) is 7.05 Å². The molecule has 1 amide bonds. The van der Waals surface area contributed by atoms with Crippen LogP contribution in [0, 0.1) is 11.3 Å². The molecule has 0 aliphatic rings. The summed E-state index contributed by atoms with van der Waals surface area (Å²) in [7, 11) is 1.35. The van der Waals surface area contributed by atoms with Crippen molar-refractivity contribution in [3.8, 4) is 6.07 Å². The van der Waals surface area contributed by atoms with E-state index in [1.165, 1.54) is 13.1 Å². The first-order chi connectivity index (χ1) is 6.63. The number of aliphatic hydroxyl groups excluding tert-OH is 1. The highest BCUT2D eigenvalue weighted by Crippen LogP contribution is 1.93. The molecule has 0 rings (SSSR count). The third-order valence-electron chi connectivity index (χ3n) is 1.17. The number of carbonyl (C=O) groups excluding carboxylic acids is 2. The minimum absolute atomic E-state index is 0.351. The molecule has 1 atom stereocenters. The van der Waals surface area contributed by atoms with Crippen molar-refractivity contribution >= 4 is 12.1 Å². The zero-order chi connectivity index (χ0) is 11.0. The van der Waals surface area contributed by atoms with E-state index in [4.69, 9.17) is 10.4 Å². The first kappa shape index (κ1) is 12.2. The number of nitriles is 1. The molecule has 14 heavy (non-hydrogen) atoms. The highest BCUT2D eigenvalue weighted by molar-refractivity contribution is 5.85. The van der Waals surface area contributed by atoms with Crippen LogP contribution in [-0.4, -0.2) is 43.5 Å². The quantitative estimate of drug-likeness (QED) is 0.436. The number of rotatable bonds is 4. The standard InChI is InChI=1S/C7H10N2O5/c1-9-7(12)14-5(3-10)4-13-6(11)2-8/h5,10H,3-4H2,1H3,(H,9,12)/t5-/m0/s1. The van der Waals surface area contributed by atoms with Gasteiger partial charge in [-0.25, -0.2) is 9.59 Å². The molecule has 0 aromatic carbocycles. The predicted octanol–water partition coefficient (Wildman–Crippen LogP) is -1.23. The van der Waals surface area contributed by atoms with Crippen LogP contribution in [0.5, 0.6) is 0 Å². The van der Waals surface area contributed by atoms with Gasteiger partial charge in [0.1, 0.15) is 6.61 Å². The normalized spacial score (nSPS) is 10.9. The number of alkyl carbamates (subject to hydrolysis) is 1. The first-order valence-corrected chi connectivity index (χ1v) is 3.70. The number of nitrogens with zero attached hydrogens (tertiary/aromatic N) is 1. The number of carbonyl (C=O) groups is 2. The average molecular weight is 202 g/mol. The lowest BCUT2D eigenvalue weighted by Crippen LogP contribution is -2.32. The number of nitrogens with one attached hydrogen (secondary N) is 1. The van der Waals surface area contributed by atoms with E-state index in [0.717, 1.165) is 0 Å². The Morgan fingerprint density at radius 2 is 2.29 bits per heavy atom. The summed E-state index contributed by atoms with van der Waals surface area (Å²) in [6.45, 7) is -0.845. The average Bonchev–Trinajstić information content (AvgIpc) is 2.22. The van der Waals surface area contributed by atoms with Gasteiger partial charge in [-0.15, -0.1) is 0 Å². The Morgan fingerprint density at radius 3 is 2.71 bits per heavy atom. The Morgan fingerprint density at radius 1 is 1.64 bits per heavy atom. The van der Waals surface area contributed by atoms with Crippen molar-refractivity contribution < 1.29 is 24.2 Å². The van der Waals surface area contributed by atoms with Gasteiger partial charge in [0.2, 0.25) is 0 Å². The van der Waals surface area contributed by atoms with Crippen LogP contribution in [0.15, 0.2) is 0 Å². The Balaban J connectivity index is 3.86. The van der Waals surface area contributed by atoms with E-state index in [-0.39, 0.29) is 6.61 Å². The van der Waals surface area contributed by atoms with Crippen molar-refractivity contribution in [2.45, 2.75) is 6.10 Å². The molecule has 0 bridgehead atoms. The molecule has 0 aliphatic heterocycles. The smallest absolute Gasteiger partial charge is 0.411 e. The molecule has 78 valence electrons. The summed E-state index contributed by atoms with van der Waals surface area (Å²) >= 11 is 0. The van der Waals surface area contributed by atoms with Crippen molar-refractivity contribution in [1.82, 2.24) is 5.32 Å². The van der Waals surface area contributed by atoms with Crippen LogP contribution >= 0.6 is 0 Å². The Bertz CT molecular complexity index is 247. The van der Waals surface area contributed by atoms with Crippen LogP contribution in [0.3, 0.4) is 0 Å². The predicted molar refractivity (Wildman–Crippen MR) is 43.0 cm³/mol. The van der Waals surface area contributed by atoms with E-state index in [1.807, 2.05) is 0 Å². The molecule has 0 saturated carbocycles. The van der Waals surface area contributed by atoms with Crippen LogP contribution in [0.2, 0.25) is 0 Å². The maximum absolute atomic E-state index is 10.6. The number of esters is 1. The molecule has 0 heterocycles. The summed E-state index contributed by atoms with van der Waals surface area (Å²) in [4.78, 5) is 21.0. The van der Waals surface area contributed by atoms with E-state index < -0.39 is 24.8 Å². The fraction of sp³-hybridized carbons (Fsp3) is 0.571. The lowest BCUT2D eigenvalue weighted by molar-refractivity contribution is -0.140. The zero-order valence-corrected chi connectivity index (χ0v) is 7.52. The molecule has 0 aromatic rings. The number of aliphatic hydroxyl groups is 1. The van der Waals surface area contributed by atoms with Gasteiger partial charge in [-0.05, 0) is 0 Å². The molecule has 0 aromatic heterocycles. The summed E-state index contributed by atoms with van der Waals surface area (Å²) in [6, 6.07) is 1.21. The molecule has 2 N–H and O–H groups in total. The van der Waals surface area contributed by atoms with Gasteiger partial charge in [0.25, 0.3) is 0 Å². The second-order valence-corrected chi connectivity index (χ2v) is 2.17. The lowest BCUT2D eigenvalue weighted by atomic mass is 10.4. The summed E-state index contributed by atoms with van der Waals surface area (Å²) in [5.41, 5.74) is 0. The van der Waals surface area contributed by atoms with Crippen LogP contribution < -0.4 is 5.32 Å². The second-order valence-electron chi connectivity index (χ2n) is 2.17. The van der Waals surface area contributed by atoms with Gasteiger partial charge in [0.15, 0.2) is 12.2 Å². The SMILES string of the molecule is CNC(=O)O[C@@H](CO)COC(=O)C#N. The molecule has 0 spiro atoms. The van der Waals surface area contributed by atoms with Crippen LogP contribution in [0.1, 0.15) is 0 Å². The van der Waals surface area contributed by atoms with Crippen LogP contribution in [0.4, 0.5) is 4.79 Å². The Labute approximate surface area is 80.2 Å². The zero-order valence-electron chi connectivity index (χ0n) is 7.52. The molecule has 0 saturated heterocycles. The van der Waals surface area contributed by atoms with Crippen molar-refractivity contribution in [2.24, 2.45) is 0 Å². The Hall–Kier alpha value is -1.81. The highest BCUT2D eigenvalue weighted by atomic mass is 16.6. The van der Waals surface area contributed by atoms with E-state index in [1.54, 1.807) is 0 Å². The molecular weight excluding hydrogens is 192 g/mol. The largest absolute Gasteiger partial charge is 0.451 e. The third-order valence-corrected chi connectivity index (χ3v) is 1.17. The highest BCUT2D eigenvalue weighted by Gasteiger charge is 2.14. The van der Waals surface area contributed by atoms with Gasteiger partial charge in [-0.1, -0.05) is 0 Å². The number of amides is 1. The van der Waals surface area contributed by atoms with Crippen molar-refractivity contribution in [1.29, 1.82) is 5.26 Å². The van der Waals surface area contributed by atoms with Gasteiger partial charge < -0.3 is 19.9 Å². The third kappa shape index (κ3) is 4.95. The second kappa shape index (κ2) is 6.68. The van der Waals surface area contributed by atoms with E-state index in [9.17, 15) is 9.59 Å². The lowest BCUT2D eigenvalue weighted by Gasteiger charge is -2.13. The molecule has 7 nitrogen and oxygen atoms in total. The maximum atomic E-state index is 10.6. The summed E-state index contributed by atoms with van der Waals surface area (Å²) in [5, 5.41) is 18.9. The van der Waals surface area contributed by atoms with Gasteiger partial charge in [-0.3, -0.25) is 0 Å². The van der Waals surface area contributed by atoms with Gasteiger partial charge in [0.05, 0.1) is 6.61 Å². The number of hydrogen-bond acceptors (Lipinski definition) is 6. The van der Waals surface area contributed by atoms with E-state index in [0.29, 0.717) is 0 Å². The number of ether oxygens (including phenoxy) is 2. The van der Waals surface area contributed by atoms with Crippen LogP contribution in [0.25, 0.3) is 0 Å². The van der Waals surface area contributed by atoms with E-state index in [2.05, 4.69) is 14.8 Å².